The van der Waals surface area contributed by atoms with Gasteiger partial charge in [-0.3, -0.25) is 4.79 Å². The van der Waals surface area contributed by atoms with Crippen LogP contribution in [0.5, 0.6) is 5.75 Å². The summed E-state index contributed by atoms with van der Waals surface area (Å²) in [6.45, 7) is 0. The number of ether oxygens (including phenoxy) is 1. The lowest BCUT2D eigenvalue weighted by molar-refractivity contribution is 0.102. The van der Waals surface area contributed by atoms with Crippen LogP contribution >= 0.6 is 0 Å². The summed E-state index contributed by atoms with van der Waals surface area (Å²) in [6, 6.07) is 29.5. The number of fused-ring (bicyclic) bond motifs is 1. The molecule has 3 heteroatoms. The van der Waals surface area contributed by atoms with Gasteiger partial charge in [-0.15, -0.1) is 0 Å². The van der Waals surface area contributed by atoms with E-state index in [1.165, 1.54) is 0 Å². The van der Waals surface area contributed by atoms with Crippen LogP contribution in [0.1, 0.15) is 10.4 Å². The van der Waals surface area contributed by atoms with E-state index >= 15 is 0 Å². The van der Waals surface area contributed by atoms with E-state index < -0.39 is 0 Å². The second-order valence-electron chi connectivity index (χ2n) is 6.27. The van der Waals surface area contributed by atoms with E-state index in [4.69, 9.17) is 4.74 Å². The van der Waals surface area contributed by atoms with Crippen molar-refractivity contribution in [2.75, 3.05) is 12.4 Å². The molecule has 0 unspecified atom stereocenters. The molecule has 4 rings (SSSR count). The molecule has 0 atom stereocenters. The highest BCUT2D eigenvalue weighted by Crippen LogP contribution is 2.30. The van der Waals surface area contributed by atoms with Gasteiger partial charge >= 0.3 is 0 Å². The molecule has 0 saturated heterocycles. The minimum Gasteiger partial charge on any atom is -0.496 e. The lowest BCUT2D eigenvalue weighted by atomic mass is 10.0. The molecule has 0 heterocycles. The number of rotatable bonds is 4. The third-order valence-corrected chi connectivity index (χ3v) is 4.57. The number of benzene rings is 4. The van der Waals surface area contributed by atoms with Crippen LogP contribution in [0.2, 0.25) is 0 Å². The van der Waals surface area contributed by atoms with Gasteiger partial charge in [0.1, 0.15) is 5.75 Å². The Hall–Kier alpha value is -3.59. The van der Waals surface area contributed by atoms with E-state index in [0.717, 1.165) is 27.6 Å². The molecule has 0 spiro atoms. The maximum absolute atomic E-state index is 13.0. The Morgan fingerprint density at radius 1 is 0.778 bits per heavy atom. The van der Waals surface area contributed by atoms with Gasteiger partial charge in [0.15, 0.2) is 0 Å². The van der Waals surface area contributed by atoms with Crippen LogP contribution in [0.15, 0.2) is 91.0 Å². The highest BCUT2D eigenvalue weighted by Gasteiger charge is 2.15. The van der Waals surface area contributed by atoms with Crippen molar-refractivity contribution in [1.29, 1.82) is 0 Å². The maximum atomic E-state index is 13.0. The number of amides is 1. The van der Waals surface area contributed by atoms with Crippen molar-refractivity contribution in [1.82, 2.24) is 0 Å². The zero-order valence-corrected chi connectivity index (χ0v) is 15.0. The summed E-state index contributed by atoms with van der Waals surface area (Å²) in [5.41, 5.74) is 3.31. The lowest BCUT2D eigenvalue weighted by Crippen LogP contribution is -2.14. The fraction of sp³-hybridized carbons (Fsp3) is 0.0417. The molecule has 27 heavy (non-hydrogen) atoms. The monoisotopic (exact) mass is 353 g/mol. The summed E-state index contributed by atoms with van der Waals surface area (Å²) < 4.78 is 5.47. The van der Waals surface area contributed by atoms with Crippen LogP contribution in [0.4, 0.5) is 5.69 Å². The summed E-state index contributed by atoms with van der Waals surface area (Å²) in [5.74, 6) is 0.365. The zero-order valence-electron chi connectivity index (χ0n) is 15.0. The minimum atomic E-state index is -0.194. The molecule has 0 aliphatic rings. The molecule has 0 saturated carbocycles. The van der Waals surface area contributed by atoms with Crippen molar-refractivity contribution < 1.29 is 9.53 Å². The van der Waals surface area contributed by atoms with Crippen molar-refractivity contribution in [3.63, 3.8) is 0 Å². The molecule has 0 aliphatic carbocycles. The molecule has 4 aromatic rings. The molecule has 0 fully saturated rings. The summed E-state index contributed by atoms with van der Waals surface area (Å²) in [7, 11) is 1.58. The molecular weight excluding hydrogens is 334 g/mol. The van der Waals surface area contributed by atoms with E-state index in [-0.39, 0.29) is 5.91 Å². The summed E-state index contributed by atoms with van der Waals surface area (Å²) >= 11 is 0. The molecule has 3 nitrogen and oxygen atoms in total. The van der Waals surface area contributed by atoms with Gasteiger partial charge < -0.3 is 10.1 Å². The number of carbonyl (C=O) groups excluding carboxylic acids is 1. The van der Waals surface area contributed by atoms with E-state index in [1.807, 2.05) is 91.0 Å². The zero-order chi connectivity index (χ0) is 18.6. The SMILES string of the molecule is COc1cc2ccccc2cc1C(=O)Nc1ccccc1-c1ccccc1. The van der Waals surface area contributed by atoms with Crippen LogP contribution in [0.25, 0.3) is 21.9 Å². The van der Waals surface area contributed by atoms with E-state index in [9.17, 15) is 4.79 Å². The number of hydrogen-bond donors (Lipinski definition) is 1. The van der Waals surface area contributed by atoms with Crippen molar-refractivity contribution >= 4 is 22.4 Å². The molecule has 1 amide bonds. The molecular formula is C24H19NO2. The van der Waals surface area contributed by atoms with Gasteiger partial charge in [-0.2, -0.15) is 0 Å². The van der Waals surface area contributed by atoms with Gasteiger partial charge in [0.05, 0.1) is 12.7 Å². The van der Waals surface area contributed by atoms with Crippen molar-refractivity contribution in [3.8, 4) is 16.9 Å². The quantitative estimate of drug-likeness (QED) is 0.506. The average molecular weight is 353 g/mol. The summed E-state index contributed by atoms with van der Waals surface area (Å²) in [6.07, 6.45) is 0. The summed E-state index contributed by atoms with van der Waals surface area (Å²) in [4.78, 5) is 13.0. The van der Waals surface area contributed by atoms with Crippen LogP contribution in [0, 0.1) is 0 Å². The van der Waals surface area contributed by atoms with Gasteiger partial charge in [0.25, 0.3) is 5.91 Å². The topological polar surface area (TPSA) is 38.3 Å². The van der Waals surface area contributed by atoms with E-state index in [2.05, 4.69) is 5.32 Å². The highest BCUT2D eigenvalue weighted by atomic mass is 16.5. The molecule has 4 aromatic carbocycles. The fourth-order valence-corrected chi connectivity index (χ4v) is 3.22. The average Bonchev–Trinajstić information content (AvgIpc) is 2.73. The highest BCUT2D eigenvalue weighted by molar-refractivity contribution is 6.10. The second kappa shape index (κ2) is 7.34. The Morgan fingerprint density at radius 2 is 1.41 bits per heavy atom. The van der Waals surface area contributed by atoms with Crippen molar-refractivity contribution in [3.05, 3.63) is 96.6 Å². The Kier molecular flexibility index (Phi) is 4.58. The number of para-hydroxylation sites is 1. The van der Waals surface area contributed by atoms with Gasteiger partial charge in [0.2, 0.25) is 0 Å². The largest absolute Gasteiger partial charge is 0.496 e. The van der Waals surface area contributed by atoms with Gasteiger partial charge in [0, 0.05) is 11.3 Å². The third-order valence-electron chi connectivity index (χ3n) is 4.57. The lowest BCUT2D eigenvalue weighted by Gasteiger charge is -2.14. The number of hydrogen-bond acceptors (Lipinski definition) is 2. The van der Waals surface area contributed by atoms with Gasteiger partial charge in [-0.1, -0.05) is 72.8 Å². The first-order valence-electron chi connectivity index (χ1n) is 8.79. The Labute approximate surface area is 158 Å². The van der Waals surface area contributed by atoms with Gasteiger partial charge in [-0.05, 0) is 34.5 Å². The predicted octanol–water partition coefficient (Wildman–Crippen LogP) is 5.77. The van der Waals surface area contributed by atoms with Crippen LogP contribution in [-0.4, -0.2) is 13.0 Å². The van der Waals surface area contributed by atoms with Gasteiger partial charge in [-0.25, -0.2) is 0 Å². The Morgan fingerprint density at radius 3 is 2.15 bits per heavy atom. The van der Waals surface area contributed by atoms with Crippen LogP contribution in [0.3, 0.4) is 0 Å². The standard InChI is InChI=1S/C24H19NO2/c1-27-23-16-19-12-6-5-11-18(19)15-21(23)24(26)25-22-14-8-7-13-20(22)17-9-3-2-4-10-17/h2-16H,1H3,(H,25,26). The smallest absolute Gasteiger partial charge is 0.259 e. The number of nitrogens with one attached hydrogen (secondary N) is 1. The van der Waals surface area contributed by atoms with E-state index in [0.29, 0.717) is 11.3 Å². The molecule has 0 bridgehead atoms. The van der Waals surface area contributed by atoms with Crippen molar-refractivity contribution in [2.45, 2.75) is 0 Å². The summed E-state index contributed by atoms with van der Waals surface area (Å²) in [5, 5.41) is 5.08. The Balaban J connectivity index is 1.73. The van der Waals surface area contributed by atoms with Crippen molar-refractivity contribution in [2.24, 2.45) is 0 Å². The predicted molar refractivity (Wildman–Crippen MR) is 110 cm³/mol. The Bertz CT molecular complexity index is 1100. The molecule has 0 aromatic heterocycles. The molecule has 0 radical (unpaired) electrons. The van der Waals surface area contributed by atoms with Crippen LogP contribution in [-0.2, 0) is 0 Å². The maximum Gasteiger partial charge on any atom is 0.259 e. The normalized spacial score (nSPS) is 10.6. The minimum absolute atomic E-state index is 0.194. The molecule has 1 N–H and O–H groups in total. The van der Waals surface area contributed by atoms with Crippen LogP contribution < -0.4 is 10.1 Å². The number of methoxy groups -OCH3 is 1. The van der Waals surface area contributed by atoms with E-state index in [1.54, 1.807) is 7.11 Å². The molecule has 0 aliphatic heterocycles. The third kappa shape index (κ3) is 3.40. The molecule has 132 valence electrons. The first kappa shape index (κ1) is 16.9. The first-order chi connectivity index (χ1) is 13.3. The second-order valence-corrected chi connectivity index (χ2v) is 6.27. The first-order valence-corrected chi connectivity index (χ1v) is 8.79. The number of anilines is 1. The fourth-order valence-electron chi connectivity index (χ4n) is 3.22. The number of carbonyl (C=O) groups is 1.